The minimum absolute atomic E-state index is 0.0636. The molecule has 4 aliphatic rings. The van der Waals surface area contributed by atoms with Gasteiger partial charge < -0.3 is 14.9 Å². The first-order valence-electron chi connectivity index (χ1n) is 11.3. The second-order valence-electron chi connectivity index (χ2n) is 9.82. The minimum Gasteiger partial charge on any atom is -0.504 e. The van der Waals surface area contributed by atoms with Crippen LogP contribution in [-0.4, -0.2) is 84.7 Å². The molecule has 5 rings (SSSR count). The lowest BCUT2D eigenvalue weighted by Gasteiger charge is -2.64. The number of hydrogen-bond acceptors (Lipinski definition) is 7. The molecule has 1 aromatic carbocycles. The third-order valence-electron chi connectivity index (χ3n) is 8.37. The van der Waals surface area contributed by atoms with Gasteiger partial charge in [0.05, 0.1) is 16.8 Å². The lowest BCUT2D eigenvalue weighted by molar-refractivity contribution is -0.197. The maximum absolute atomic E-state index is 13.0. The summed E-state index contributed by atoms with van der Waals surface area (Å²) in [6.07, 6.45) is 4.34. The standard InChI is InChI=1S/C23H31FN2O5S/c1-3-10-26-12-9-22-19-15-5-6-17(27)20(19)31-21(22)16(7-8-23(22,28)18(26)14-15)25(2)11-4-13-32(24,29)30/h3,5-6,16,18,21,27-28H,1,4,7-14H2,2H3/t16-,18?,21?,22+,23-/m1/s1. The number of rotatable bonds is 7. The fourth-order valence-electron chi connectivity index (χ4n) is 7.09. The van der Waals surface area contributed by atoms with Crippen molar-refractivity contribution in [1.29, 1.82) is 0 Å². The molecule has 0 amide bonds. The van der Waals surface area contributed by atoms with Crippen LogP contribution in [-0.2, 0) is 22.1 Å². The van der Waals surface area contributed by atoms with E-state index in [-0.39, 0.29) is 30.4 Å². The Bertz CT molecular complexity index is 1050. The summed E-state index contributed by atoms with van der Waals surface area (Å²) in [5.41, 5.74) is 0.421. The van der Waals surface area contributed by atoms with Crippen molar-refractivity contribution in [3.8, 4) is 11.5 Å². The molecule has 7 nitrogen and oxygen atoms in total. The van der Waals surface area contributed by atoms with Gasteiger partial charge in [0.1, 0.15) is 6.10 Å². The molecule has 1 saturated heterocycles. The number of ether oxygens (including phenoxy) is 1. The Morgan fingerprint density at radius 2 is 2.19 bits per heavy atom. The molecule has 0 radical (unpaired) electrons. The number of aliphatic hydroxyl groups is 1. The highest BCUT2D eigenvalue weighted by Gasteiger charge is 2.73. The summed E-state index contributed by atoms with van der Waals surface area (Å²) in [6, 6.07) is 3.48. The first kappa shape index (κ1) is 22.1. The highest BCUT2D eigenvalue weighted by atomic mass is 32.3. The summed E-state index contributed by atoms with van der Waals surface area (Å²) in [6.45, 7) is 5.80. The van der Waals surface area contributed by atoms with Crippen LogP contribution < -0.4 is 4.74 Å². The van der Waals surface area contributed by atoms with Crippen LogP contribution >= 0.6 is 0 Å². The maximum Gasteiger partial charge on any atom is 0.302 e. The number of phenols is 1. The number of halogens is 1. The number of aromatic hydroxyl groups is 1. The van der Waals surface area contributed by atoms with Crippen molar-refractivity contribution in [1.82, 2.24) is 9.80 Å². The molecule has 9 heteroatoms. The zero-order chi connectivity index (χ0) is 22.9. The second kappa shape index (κ2) is 7.41. The minimum atomic E-state index is -4.50. The Kier molecular flexibility index (Phi) is 5.13. The highest BCUT2D eigenvalue weighted by Crippen LogP contribution is 2.65. The van der Waals surface area contributed by atoms with Gasteiger partial charge in [-0.2, -0.15) is 8.42 Å². The van der Waals surface area contributed by atoms with Crippen molar-refractivity contribution in [2.24, 2.45) is 0 Å². The third kappa shape index (κ3) is 2.97. The highest BCUT2D eigenvalue weighted by molar-refractivity contribution is 7.86. The van der Waals surface area contributed by atoms with Crippen LogP contribution in [0.25, 0.3) is 0 Å². The topological polar surface area (TPSA) is 90.3 Å². The van der Waals surface area contributed by atoms with Crippen molar-refractivity contribution < 1.29 is 27.3 Å². The van der Waals surface area contributed by atoms with E-state index in [2.05, 4.69) is 11.5 Å². The molecular weight excluding hydrogens is 435 g/mol. The first-order valence-corrected chi connectivity index (χ1v) is 12.9. The molecule has 2 unspecified atom stereocenters. The number of likely N-dealkylation sites (N-methyl/N-ethyl adjacent to an activating group) is 1. The number of hydrogen-bond donors (Lipinski definition) is 2. The molecule has 2 aliphatic carbocycles. The summed E-state index contributed by atoms with van der Waals surface area (Å²) in [5, 5.41) is 22.9. The van der Waals surface area contributed by atoms with E-state index < -0.39 is 27.0 Å². The molecule has 1 spiro atoms. The summed E-state index contributed by atoms with van der Waals surface area (Å²) in [4.78, 5) is 4.34. The average molecular weight is 467 g/mol. The lowest BCUT2D eigenvalue weighted by atomic mass is 9.48. The van der Waals surface area contributed by atoms with Gasteiger partial charge in [0.2, 0.25) is 0 Å². The van der Waals surface area contributed by atoms with Gasteiger partial charge in [0.25, 0.3) is 0 Å². The predicted molar refractivity (Wildman–Crippen MR) is 118 cm³/mol. The zero-order valence-corrected chi connectivity index (χ0v) is 19.2. The van der Waals surface area contributed by atoms with Crippen LogP contribution in [0, 0.1) is 0 Å². The van der Waals surface area contributed by atoms with Crippen LogP contribution in [0.3, 0.4) is 0 Å². The van der Waals surface area contributed by atoms with Crippen LogP contribution in [0.5, 0.6) is 11.5 Å². The van der Waals surface area contributed by atoms with Crippen molar-refractivity contribution in [3.05, 3.63) is 35.9 Å². The van der Waals surface area contributed by atoms with E-state index >= 15 is 0 Å². The van der Waals surface area contributed by atoms with Gasteiger partial charge in [-0.1, -0.05) is 12.1 Å². The molecule has 2 heterocycles. The van der Waals surface area contributed by atoms with Gasteiger partial charge in [-0.25, -0.2) is 0 Å². The summed E-state index contributed by atoms with van der Waals surface area (Å²) in [7, 11) is -2.60. The Hall–Kier alpha value is -1.68. The van der Waals surface area contributed by atoms with Crippen LogP contribution in [0.4, 0.5) is 3.89 Å². The molecule has 1 saturated carbocycles. The fourth-order valence-corrected chi connectivity index (χ4v) is 7.57. The molecule has 5 atom stereocenters. The molecular formula is C23H31FN2O5S. The first-order chi connectivity index (χ1) is 15.1. The molecule has 176 valence electrons. The van der Waals surface area contributed by atoms with E-state index in [1.54, 1.807) is 6.07 Å². The lowest BCUT2D eigenvalue weighted by Crippen LogP contribution is -2.78. The molecule has 2 N–H and O–H groups in total. The van der Waals surface area contributed by atoms with E-state index in [0.717, 1.165) is 17.7 Å². The Morgan fingerprint density at radius 1 is 1.41 bits per heavy atom. The van der Waals surface area contributed by atoms with Crippen molar-refractivity contribution in [2.75, 3.05) is 32.4 Å². The molecule has 1 aromatic rings. The maximum atomic E-state index is 13.0. The van der Waals surface area contributed by atoms with Crippen LogP contribution in [0.15, 0.2) is 24.8 Å². The van der Waals surface area contributed by atoms with Crippen LogP contribution in [0.1, 0.15) is 36.8 Å². The van der Waals surface area contributed by atoms with Crippen molar-refractivity contribution in [3.63, 3.8) is 0 Å². The molecule has 2 aliphatic heterocycles. The quantitative estimate of drug-likeness (QED) is 0.467. The second-order valence-corrected chi connectivity index (χ2v) is 11.3. The molecule has 2 bridgehead atoms. The fraction of sp³-hybridized carbons (Fsp3) is 0.652. The summed E-state index contributed by atoms with van der Waals surface area (Å²) >= 11 is 0. The number of phenolic OH excluding ortho intramolecular Hbond substituents is 1. The zero-order valence-electron chi connectivity index (χ0n) is 18.3. The smallest absolute Gasteiger partial charge is 0.302 e. The SMILES string of the molecule is C=CCN1CC[C@]23c4c5ccc(O)c4OC2[C@H](N(C)CCCS(=O)(=O)F)CC[C@@]3(O)C1C5. The van der Waals surface area contributed by atoms with Gasteiger partial charge in [-0.3, -0.25) is 9.80 Å². The van der Waals surface area contributed by atoms with E-state index in [4.69, 9.17) is 4.74 Å². The number of likely N-dealkylation sites (tertiary alicyclic amines) is 1. The van der Waals surface area contributed by atoms with Gasteiger partial charge in [0.15, 0.2) is 11.5 Å². The van der Waals surface area contributed by atoms with E-state index in [1.807, 2.05) is 24.1 Å². The molecule has 0 aromatic heterocycles. The van der Waals surface area contributed by atoms with Crippen molar-refractivity contribution in [2.45, 2.75) is 61.3 Å². The largest absolute Gasteiger partial charge is 0.504 e. The molecule has 32 heavy (non-hydrogen) atoms. The monoisotopic (exact) mass is 466 g/mol. The Labute approximate surface area is 188 Å². The average Bonchev–Trinajstić information content (AvgIpc) is 3.06. The van der Waals surface area contributed by atoms with Gasteiger partial charge in [-0.05, 0) is 63.9 Å². The Balaban J connectivity index is 1.54. The summed E-state index contributed by atoms with van der Waals surface area (Å²) in [5.74, 6) is 0.0639. The number of nitrogens with zero attached hydrogens (tertiary/aromatic N) is 2. The number of piperidine rings is 1. The summed E-state index contributed by atoms with van der Waals surface area (Å²) < 4.78 is 41.3. The van der Waals surface area contributed by atoms with Gasteiger partial charge >= 0.3 is 10.2 Å². The number of benzene rings is 1. The predicted octanol–water partition coefficient (Wildman–Crippen LogP) is 1.72. The normalized spacial score (nSPS) is 35.4. The van der Waals surface area contributed by atoms with Gasteiger partial charge in [-0.15, -0.1) is 10.5 Å². The molecule has 2 fully saturated rings. The van der Waals surface area contributed by atoms with Crippen molar-refractivity contribution >= 4 is 10.2 Å². The van der Waals surface area contributed by atoms with E-state index in [0.29, 0.717) is 44.5 Å². The van der Waals surface area contributed by atoms with Gasteiger partial charge in [0, 0.05) is 24.2 Å². The van der Waals surface area contributed by atoms with E-state index in [9.17, 15) is 22.5 Å². The third-order valence-corrected chi connectivity index (χ3v) is 9.15. The Morgan fingerprint density at radius 3 is 2.91 bits per heavy atom. The van der Waals surface area contributed by atoms with E-state index in [1.165, 1.54) is 0 Å². The van der Waals surface area contributed by atoms with Crippen LogP contribution in [0.2, 0.25) is 0 Å².